The predicted octanol–water partition coefficient (Wildman–Crippen LogP) is 2.42. The van der Waals surface area contributed by atoms with E-state index in [0.29, 0.717) is 45.8 Å². The molecule has 0 fully saturated rings. The van der Waals surface area contributed by atoms with Gasteiger partial charge in [0.2, 0.25) is 0 Å². The van der Waals surface area contributed by atoms with Gasteiger partial charge in [0.25, 0.3) is 5.91 Å². The number of nitrogens with two attached hydrogens (primary N) is 1. The Bertz CT molecular complexity index is 682. The van der Waals surface area contributed by atoms with Gasteiger partial charge in [-0.25, -0.2) is 0 Å². The summed E-state index contributed by atoms with van der Waals surface area (Å²) in [4.78, 5) is 11.4. The normalized spacial score (nSPS) is 13.2. The number of nitrogens with zero attached hydrogens (tertiary/aromatic N) is 1. The minimum Gasteiger partial charge on any atom is -0.491 e. The molecule has 0 aliphatic carbocycles. The highest BCUT2D eigenvalue weighted by Crippen LogP contribution is 2.41. The molecule has 0 atom stereocenters. The zero-order chi connectivity index (χ0) is 13.6. The molecule has 0 spiro atoms. The number of primary amides is 1. The number of benzene rings is 1. The van der Waals surface area contributed by atoms with Crippen LogP contribution in [0.1, 0.15) is 16.1 Å². The van der Waals surface area contributed by atoms with Crippen LogP contribution in [0.5, 0.6) is 5.75 Å². The van der Waals surface area contributed by atoms with Crippen LogP contribution in [0.4, 0.5) is 0 Å². The predicted molar refractivity (Wildman–Crippen MR) is 71.8 cm³/mol. The number of H-pyrrole nitrogens is 1. The fraction of sp³-hybridized carbons (Fsp3) is 0.167. The molecule has 1 aromatic heterocycles. The first kappa shape index (κ1) is 12.3. The van der Waals surface area contributed by atoms with Crippen LogP contribution >= 0.6 is 23.2 Å². The van der Waals surface area contributed by atoms with E-state index in [-0.39, 0.29) is 0 Å². The number of nitrogens with one attached hydrogen (secondary N) is 1. The third-order valence-electron chi connectivity index (χ3n) is 2.98. The van der Waals surface area contributed by atoms with Gasteiger partial charge in [0.05, 0.1) is 11.6 Å². The van der Waals surface area contributed by atoms with Crippen molar-refractivity contribution in [2.24, 2.45) is 5.73 Å². The van der Waals surface area contributed by atoms with E-state index in [9.17, 15) is 4.79 Å². The van der Waals surface area contributed by atoms with Gasteiger partial charge in [-0.2, -0.15) is 5.10 Å². The topological polar surface area (TPSA) is 81.0 Å². The van der Waals surface area contributed by atoms with Crippen molar-refractivity contribution in [2.45, 2.75) is 6.42 Å². The first-order valence-corrected chi connectivity index (χ1v) is 6.32. The van der Waals surface area contributed by atoms with E-state index in [1.54, 1.807) is 12.1 Å². The molecule has 1 aliphatic heterocycles. The van der Waals surface area contributed by atoms with Gasteiger partial charge in [-0.1, -0.05) is 23.2 Å². The Labute approximate surface area is 118 Å². The largest absolute Gasteiger partial charge is 0.491 e. The van der Waals surface area contributed by atoms with Crippen LogP contribution < -0.4 is 10.5 Å². The van der Waals surface area contributed by atoms with Crippen molar-refractivity contribution in [1.82, 2.24) is 10.2 Å². The molecule has 1 amide bonds. The van der Waals surface area contributed by atoms with E-state index in [2.05, 4.69) is 10.2 Å². The lowest BCUT2D eigenvalue weighted by molar-refractivity contribution is 0.0994. The first-order valence-electron chi connectivity index (χ1n) is 5.57. The fourth-order valence-corrected chi connectivity index (χ4v) is 2.72. The molecular formula is C12H9Cl2N3O2. The Morgan fingerprint density at radius 3 is 2.95 bits per heavy atom. The molecule has 2 heterocycles. The van der Waals surface area contributed by atoms with Crippen molar-refractivity contribution < 1.29 is 9.53 Å². The Morgan fingerprint density at radius 1 is 1.42 bits per heavy atom. The van der Waals surface area contributed by atoms with Gasteiger partial charge in [-0.3, -0.25) is 9.89 Å². The Hall–Kier alpha value is -1.72. The van der Waals surface area contributed by atoms with Gasteiger partial charge in [-0.15, -0.1) is 0 Å². The van der Waals surface area contributed by atoms with Crippen molar-refractivity contribution in [1.29, 1.82) is 0 Å². The number of halogens is 2. The van der Waals surface area contributed by atoms with Crippen LogP contribution in [0.3, 0.4) is 0 Å². The Kier molecular flexibility index (Phi) is 2.88. The van der Waals surface area contributed by atoms with E-state index in [1.165, 1.54) is 0 Å². The summed E-state index contributed by atoms with van der Waals surface area (Å²) in [6, 6.07) is 3.31. The van der Waals surface area contributed by atoms with Crippen LogP contribution in [-0.2, 0) is 6.42 Å². The van der Waals surface area contributed by atoms with Gasteiger partial charge < -0.3 is 10.5 Å². The molecule has 0 unspecified atom stereocenters. The summed E-state index contributed by atoms with van der Waals surface area (Å²) in [6.45, 7) is 0.390. The van der Waals surface area contributed by atoms with E-state index < -0.39 is 5.91 Å². The summed E-state index contributed by atoms with van der Waals surface area (Å²) < 4.78 is 5.61. The molecule has 98 valence electrons. The molecule has 5 nitrogen and oxygen atoms in total. The summed E-state index contributed by atoms with van der Waals surface area (Å²) in [5.41, 5.74) is 7.59. The molecule has 7 heteroatoms. The van der Waals surface area contributed by atoms with E-state index in [1.807, 2.05) is 0 Å². The van der Waals surface area contributed by atoms with Crippen molar-refractivity contribution in [3.8, 4) is 17.0 Å². The second-order valence-electron chi connectivity index (χ2n) is 4.15. The number of fused-ring (bicyclic) bond motifs is 3. The lowest BCUT2D eigenvalue weighted by Crippen LogP contribution is -2.14. The molecule has 0 saturated carbocycles. The summed E-state index contributed by atoms with van der Waals surface area (Å²) in [5, 5.41) is 7.69. The zero-order valence-corrected chi connectivity index (χ0v) is 11.2. The highest BCUT2D eigenvalue weighted by molar-refractivity contribution is 6.36. The molecule has 2 aromatic rings. The number of amides is 1. The maximum Gasteiger partial charge on any atom is 0.267 e. The number of ether oxygens (including phenoxy) is 1. The van der Waals surface area contributed by atoms with Crippen molar-refractivity contribution in [3.63, 3.8) is 0 Å². The number of aromatic nitrogens is 2. The van der Waals surface area contributed by atoms with Crippen LogP contribution in [0.15, 0.2) is 12.1 Å². The van der Waals surface area contributed by atoms with Gasteiger partial charge in [0.15, 0.2) is 0 Å². The molecular weight excluding hydrogens is 289 g/mol. The molecule has 1 aliphatic rings. The average molecular weight is 298 g/mol. The molecule has 0 saturated heterocycles. The zero-order valence-electron chi connectivity index (χ0n) is 9.67. The van der Waals surface area contributed by atoms with Gasteiger partial charge in [-0.05, 0) is 12.1 Å². The van der Waals surface area contributed by atoms with E-state index in [4.69, 9.17) is 33.7 Å². The molecule has 0 radical (unpaired) electrons. The molecule has 3 N–H and O–H groups in total. The minimum absolute atomic E-state index is 0.294. The second kappa shape index (κ2) is 4.43. The maximum absolute atomic E-state index is 11.4. The molecule has 3 rings (SSSR count). The van der Waals surface area contributed by atoms with Gasteiger partial charge in [0, 0.05) is 22.6 Å². The standard InChI is InChI=1S/C12H9Cl2N3O2/c13-5-3-7-9-6(10(12(15)18)17-16-9)1-2-19-11(7)8(14)4-5/h3-4H,1-2H2,(H2,15,18)(H,16,17). The second-order valence-corrected chi connectivity index (χ2v) is 5.00. The minimum atomic E-state index is -0.551. The number of rotatable bonds is 1. The number of hydrogen-bond donors (Lipinski definition) is 2. The monoisotopic (exact) mass is 297 g/mol. The fourth-order valence-electron chi connectivity index (χ4n) is 2.17. The van der Waals surface area contributed by atoms with Gasteiger partial charge >= 0.3 is 0 Å². The Morgan fingerprint density at radius 2 is 2.21 bits per heavy atom. The highest BCUT2D eigenvalue weighted by atomic mass is 35.5. The number of carbonyl (C=O) groups is 1. The summed E-state index contributed by atoms with van der Waals surface area (Å²) in [5.74, 6) is -0.0299. The first-order chi connectivity index (χ1) is 9.08. The van der Waals surface area contributed by atoms with E-state index >= 15 is 0 Å². The van der Waals surface area contributed by atoms with Crippen molar-refractivity contribution in [2.75, 3.05) is 6.61 Å². The highest BCUT2D eigenvalue weighted by Gasteiger charge is 2.25. The summed E-state index contributed by atoms with van der Waals surface area (Å²) in [7, 11) is 0. The number of hydrogen-bond acceptors (Lipinski definition) is 3. The van der Waals surface area contributed by atoms with E-state index in [0.717, 1.165) is 5.56 Å². The lowest BCUT2D eigenvalue weighted by atomic mass is 10.0. The third kappa shape index (κ3) is 1.95. The van der Waals surface area contributed by atoms with Crippen LogP contribution in [0.25, 0.3) is 11.3 Å². The number of carbonyl (C=O) groups excluding carboxylic acids is 1. The molecule has 0 bridgehead atoms. The van der Waals surface area contributed by atoms with Crippen molar-refractivity contribution in [3.05, 3.63) is 33.4 Å². The third-order valence-corrected chi connectivity index (χ3v) is 3.47. The van der Waals surface area contributed by atoms with Crippen LogP contribution in [-0.4, -0.2) is 22.7 Å². The summed E-state index contributed by atoms with van der Waals surface area (Å²) >= 11 is 12.1. The molecule has 19 heavy (non-hydrogen) atoms. The molecule has 1 aromatic carbocycles. The van der Waals surface area contributed by atoms with Crippen molar-refractivity contribution >= 4 is 29.1 Å². The maximum atomic E-state index is 11.4. The van der Waals surface area contributed by atoms with Gasteiger partial charge in [0.1, 0.15) is 17.1 Å². The smallest absolute Gasteiger partial charge is 0.267 e. The Balaban J connectivity index is 2.28. The summed E-state index contributed by atoms with van der Waals surface area (Å²) in [6.07, 6.45) is 0.521. The lowest BCUT2D eigenvalue weighted by Gasteiger charge is -2.09. The quantitative estimate of drug-likeness (QED) is 0.848. The van der Waals surface area contributed by atoms with Crippen LogP contribution in [0, 0.1) is 0 Å². The number of aromatic amines is 1. The SMILES string of the molecule is NC(=O)c1[nH]nc2c1CCOc1c(Cl)cc(Cl)cc1-2. The van der Waals surface area contributed by atoms with Crippen LogP contribution in [0.2, 0.25) is 10.0 Å². The average Bonchev–Trinajstić information content (AvgIpc) is 2.67.